The van der Waals surface area contributed by atoms with Crippen LogP contribution in [0.1, 0.15) is 32.0 Å². The standard InChI is InChI=1S/C16H13N5.C4H10/c17-15-14-13(20-21-16(14)19-9-18-15)8-11-6-3-5-10-4-1-2-7-12(10)11;1-4(2)3/h1-7,9H,8H2,(H3,17,18,19,20,21);4H,1-3H3. The molecule has 0 unspecified atom stereocenters. The van der Waals surface area contributed by atoms with Gasteiger partial charge in [-0.05, 0) is 22.3 Å². The summed E-state index contributed by atoms with van der Waals surface area (Å²) in [5, 5.41) is 10.5. The van der Waals surface area contributed by atoms with Gasteiger partial charge in [-0.1, -0.05) is 63.2 Å². The number of fused-ring (bicyclic) bond motifs is 2. The average molecular weight is 333 g/mol. The number of nitrogens with zero attached hydrogens (tertiary/aromatic N) is 3. The third-order valence-electron chi connectivity index (χ3n) is 3.70. The van der Waals surface area contributed by atoms with Crippen molar-refractivity contribution in [3.63, 3.8) is 0 Å². The normalized spacial score (nSPS) is 10.9. The summed E-state index contributed by atoms with van der Waals surface area (Å²) in [7, 11) is 0. The zero-order valence-corrected chi connectivity index (χ0v) is 14.8. The Kier molecular flexibility index (Phi) is 4.93. The molecule has 5 nitrogen and oxygen atoms in total. The Morgan fingerprint density at radius 1 is 1.00 bits per heavy atom. The van der Waals surface area contributed by atoms with E-state index in [-0.39, 0.29) is 0 Å². The van der Waals surface area contributed by atoms with Crippen molar-refractivity contribution in [1.29, 1.82) is 0 Å². The van der Waals surface area contributed by atoms with E-state index in [1.54, 1.807) is 0 Å². The monoisotopic (exact) mass is 333 g/mol. The Hall–Kier alpha value is -2.95. The van der Waals surface area contributed by atoms with Gasteiger partial charge in [0, 0.05) is 6.42 Å². The van der Waals surface area contributed by atoms with E-state index in [1.807, 2.05) is 12.1 Å². The summed E-state index contributed by atoms with van der Waals surface area (Å²) in [5.74, 6) is 1.30. The molecule has 0 aliphatic carbocycles. The molecule has 2 aromatic heterocycles. The molecular formula is C20H23N5. The fraction of sp³-hybridized carbons (Fsp3) is 0.250. The quantitative estimate of drug-likeness (QED) is 0.572. The van der Waals surface area contributed by atoms with Gasteiger partial charge in [-0.2, -0.15) is 5.10 Å². The van der Waals surface area contributed by atoms with Gasteiger partial charge < -0.3 is 5.73 Å². The maximum Gasteiger partial charge on any atom is 0.186 e. The second-order valence-corrected chi connectivity index (χ2v) is 6.71. The summed E-state index contributed by atoms with van der Waals surface area (Å²) < 4.78 is 0. The minimum Gasteiger partial charge on any atom is -0.383 e. The van der Waals surface area contributed by atoms with Gasteiger partial charge in [0.15, 0.2) is 5.65 Å². The van der Waals surface area contributed by atoms with Crippen LogP contribution >= 0.6 is 0 Å². The molecule has 128 valence electrons. The zero-order valence-electron chi connectivity index (χ0n) is 14.8. The number of benzene rings is 2. The van der Waals surface area contributed by atoms with Crippen molar-refractivity contribution in [3.05, 3.63) is 60.0 Å². The van der Waals surface area contributed by atoms with Crippen molar-refractivity contribution in [2.24, 2.45) is 5.92 Å². The molecule has 0 spiro atoms. The first-order valence-corrected chi connectivity index (χ1v) is 8.46. The van der Waals surface area contributed by atoms with Gasteiger partial charge >= 0.3 is 0 Å². The molecule has 25 heavy (non-hydrogen) atoms. The Balaban J connectivity index is 0.000000415. The van der Waals surface area contributed by atoms with Gasteiger partial charge in [0.25, 0.3) is 0 Å². The molecular weight excluding hydrogens is 310 g/mol. The fourth-order valence-electron chi connectivity index (χ4n) is 2.71. The Bertz CT molecular complexity index is 980. The van der Waals surface area contributed by atoms with E-state index in [0.29, 0.717) is 11.5 Å². The maximum absolute atomic E-state index is 5.96. The second kappa shape index (κ2) is 7.30. The third-order valence-corrected chi connectivity index (χ3v) is 3.70. The number of H-pyrrole nitrogens is 1. The van der Waals surface area contributed by atoms with Crippen LogP contribution in [-0.4, -0.2) is 20.2 Å². The van der Waals surface area contributed by atoms with Crippen LogP contribution < -0.4 is 5.73 Å². The Morgan fingerprint density at radius 3 is 2.52 bits per heavy atom. The van der Waals surface area contributed by atoms with Crippen LogP contribution in [0.5, 0.6) is 0 Å². The summed E-state index contributed by atoms with van der Waals surface area (Å²) >= 11 is 0. The minimum atomic E-state index is 0.462. The number of hydrogen-bond acceptors (Lipinski definition) is 4. The van der Waals surface area contributed by atoms with Crippen LogP contribution in [0.2, 0.25) is 0 Å². The first-order chi connectivity index (χ1) is 12.1. The van der Waals surface area contributed by atoms with E-state index in [0.717, 1.165) is 23.4 Å². The number of rotatable bonds is 2. The van der Waals surface area contributed by atoms with E-state index in [1.165, 1.54) is 22.7 Å². The van der Waals surface area contributed by atoms with Gasteiger partial charge in [-0.3, -0.25) is 5.10 Å². The van der Waals surface area contributed by atoms with Crippen molar-refractivity contribution >= 4 is 27.6 Å². The molecule has 2 aromatic carbocycles. The molecule has 0 aliphatic heterocycles. The molecule has 4 rings (SSSR count). The number of nitrogens with two attached hydrogens (primary N) is 1. The number of nitrogen functional groups attached to an aromatic ring is 1. The number of aromatic amines is 1. The lowest BCUT2D eigenvalue weighted by atomic mass is 10.0. The topological polar surface area (TPSA) is 80.5 Å². The van der Waals surface area contributed by atoms with Crippen molar-refractivity contribution in [3.8, 4) is 0 Å². The summed E-state index contributed by atoms with van der Waals surface area (Å²) in [6, 6.07) is 14.6. The first-order valence-electron chi connectivity index (χ1n) is 8.46. The first kappa shape index (κ1) is 16.9. The largest absolute Gasteiger partial charge is 0.383 e. The fourth-order valence-corrected chi connectivity index (χ4v) is 2.71. The van der Waals surface area contributed by atoms with Crippen LogP contribution in [0.15, 0.2) is 48.8 Å². The van der Waals surface area contributed by atoms with E-state index < -0.39 is 0 Å². The van der Waals surface area contributed by atoms with Crippen molar-refractivity contribution in [1.82, 2.24) is 20.2 Å². The highest BCUT2D eigenvalue weighted by molar-refractivity contribution is 5.90. The molecule has 0 bridgehead atoms. The molecule has 3 N–H and O–H groups in total. The highest BCUT2D eigenvalue weighted by atomic mass is 15.2. The van der Waals surface area contributed by atoms with E-state index in [2.05, 4.69) is 71.3 Å². The lowest BCUT2D eigenvalue weighted by Crippen LogP contribution is -1.96. The van der Waals surface area contributed by atoms with Gasteiger partial charge in [-0.15, -0.1) is 0 Å². The highest BCUT2D eigenvalue weighted by Crippen LogP contribution is 2.25. The lowest BCUT2D eigenvalue weighted by Gasteiger charge is -2.06. The summed E-state index contributed by atoms with van der Waals surface area (Å²) in [6.45, 7) is 6.50. The van der Waals surface area contributed by atoms with Crippen molar-refractivity contribution in [2.45, 2.75) is 27.2 Å². The van der Waals surface area contributed by atoms with Crippen LogP contribution in [0.3, 0.4) is 0 Å². The molecule has 0 atom stereocenters. The van der Waals surface area contributed by atoms with Crippen molar-refractivity contribution in [2.75, 3.05) is 5.73 Å². The predicted molar refractivity (Wildman–Crippen MR) is 103 cm³/mol. The average Bonchev–Trinajstić information content (AvgIpc) is 2.99. The second-order valence-electron chi connectivity index (χ2n) is 6.71. The van der Waals surface area contributed by atoms with E-state index >= 15 is 0 Å². The smallest absolute Gasteiger partial charge is 0.186 e. The predicted octanol–water partition coefficient (Wildman–Crippen LogP) is 4.34. The zero-order chi connectivity index (χ0) is 17.8. The van der Waals surface area contributed by atoms with Crippen LogP contribution in [0, 0.1) is 5.92 Å². The van der Waals surface area contributed by atoms with Gasteiger partial charge in [-0.25, -0.2) is 9.97 Å². The third kappa shape index (κ3) is 3.76. The number of aromatic nitrogens is 4. The molecule has 0 saturated carbocycles. The minimum absolute atomic E-state index is 0.462. The van der Waals surface area contributed by atoms with Gasteiger partial charge in [0.1, 0.15) is 12.1 Å². The molecule has 0 amide bonds. The van der Waals surface area contributed by atoms with Gasteiger partial charge in [0.05, 0.1) is 11.1 Å². The van der Waals surface area contributed by atoms with E-state index in [9.17, 15) is 0 Å². The maximum atomic E-state index is 5.96. The Labute approximate surface area is 147 Å². The van der Waals surface area contributed by atoms with Crippen LogP contribution in [0.4, 0.5) is 5.82 Å². The number of hydrogen-bond donors (Lipinski definition) is 2. The molecule has 5 heteroatoms. The SMILES string of the molecule is CC(C)C.Nc1ncnc2n[nH]c(Cc3cccc4ccccc34)c12. The Morgan fingerprint density at radius 2 is 1.72 bits per heavy atom. The van der Waals surface area contributed by atoms with E-state index in [4.69, 9.17) is 5.73 Å². The number of anilines is 1. The molecule has 0 fully saturated rings. The molecule has 2 heterocycles. The molecule has 4 aromatic rings. The van der Waals surface area contributed by atoms with Crippen LogP contribution in [-0.2, 0) is 6.42 Å². The number of nitrogens with one attached hydrogen (secondary N) is 1. The summed E-state index contributed by atoms with van der Waals surface area (Å²) in [5.41, 5.74) is 8.73. The van der Waals surface area contributed by atoms with Gasteiger partial charge in [0.2, 0.25) is 0 Å². The highest BCUT2D eigenvalue weighted by Gasteiger charge is 2.12. The molecule has 0 saturated heterocycles. The molecule has 0 aliphatic rings. The van der Waals surface area contributed by atoms with Crippen molar-refractivity contribution < 1.29 is 0 Å². The van der Waals surface area contributed by atoms with Crippen LogP contribution in [0.25, 0.3) is 21.8 Å². The summed E-state index contributed by atoms with van der Waals surface area (Å²) in [4.78, 5) is 8.18. The summed E-state index contributed by atoms with van der Waals surface area (Å²) in [6.07, 6.45) is 2.15. The lowest BCUT2D eigenvalue weighted by molar-refractivity contribution is 0.737. The molecule has 0 radical (unpaired) electrons.